The first-order valence-corrected chi connectivity index (χ1v) is 8.42. The lowest BCUT2D eigenvalue weighted by Gasteiger charge is -2.09. The fourth-order valence-electron chi connectivity index (χ4n) is 2.41. The van der Waals surface area contributed by atoms with Gasteiger partial charge < -0.3 is 10.6 Å². The summed E-state index contributed by atoms with van der Waals surface area (Å²) in [7, 11) is 0. The van der Waals surface area contributed by atoms with E-state index in [2.05, 4.69) is 29.2 Å². The molecule has 6 heteroatoms. The summed E-state index contributed by atoms with van der Waals surface area (Å²) in [6, 6.07) is 8.56. The highest BCUT2D eigenvalue weighted by molar-refractivity contribution is 6.04. The van der Waals surface area contributed by atoms with Crippen LogP contribution in [0.5, 0.6) is 0 Å². The number of benzene rings is 1. The lowest BCUT2D eigenvalue weighted by molar-refractivity contribution is -0.111. The number of aryl methyl sites for hydroxylation is 2. The number of aromatic nitrogens is 2. The summed E-state index contributed by atoms with van der Waals surface area (Å²) in [5.74, 6) is 0.199. The van der Waals surface area contributed by atoms with Gasteiger partial charge in [-0.1, -0.05) is 26.3 Å². The van der Waals surface area contributed by atoms with E-state index >= 15 is 0 Å². The molecule has 0 aliphatic rings. The van der Waals surface area contributed by atoms with Crippen molar-refractivity contribution < 1.29 is 9.59 Å². The van der Waals surface area contributed by atoms with Crippen molar-refractivity contribution in [3.63, 3.8) is 0 Å². The molecule has 0 bridgehead atoms. The number of rotatable bonds is 8. The van der Waals surface area contributed by atoms with Crippen LogP contribution in [0.3, 0.4) is 0 Å². The van der Waals surface area contributed by atoms with Gasteiger partial charge in [-0.3, -0.25) is 9.59 Å². The average Bonchev–Trinajstić information content (AvgIpc) is 2.95. The van der Waals surface area contributed by atoms with E-state index in [1.54, 1.807) is 24.3 Å². The zero-order valence-corrected chi connectivity index (χ0v) is 14.7. The van der Waals surface area contributed by atoms with Crippen LogP contribution in [0, 0.1) is 6.92 Å². The predicted molar refractivity (Wildman–Crippen MR) is 99.7 cm³/mol. The van der Waals surface area contributed by atoms with Gasteiger partial charge in [0.05, 0.1) is 5.69 Å². The van der Waals surface area contributed by atoms with Gasteiger partial charge in [-0.2, -0.15) is 5.10 Å². The van der Waals surface area contributed by atoms with Crippen molar-refractivity contribution in [1.29, 1.82) is 0 Å². The van der Waals surface area contributed by atoms with Crippen molar-refractivity contribution in [2.75, 3.05) is 10.6 Å². The van der Waals surface area contributed by atoms with Gasteiger partial charge in [0.25, 0.3) is 5.91 Å². The quantitative estimate of drug-likeness (QED) is 0.567. The lowest BCUT2D eigenvalue weighted by Crippen LogP contribution is -2.16. The van der Waals surface area contributed by atoms with Crippen LogP contribution in [-0.2, 0) is 11.3 Å². The molecule has 6 nitrogen and oxygen atoms in total. The van der Waals surface area contributed by atoms with Gasteiger partial charge in [-0.25, -0.2) is 4.68 Å². The Morgan fingerprint density at radius 1 is 1.20 bits per heavy atom. The van der Waals surface area contributed by atoms with E-state index in [0.717, 1.165) is 31.5 Å². The number of carbonyl (C=O) groups excluding carboxylic acids is 2. The smallest absolute Gasteiger partial charge is 0.256 e. The van der Waals surface area contributed by atoms with Crippen molar-refractivity contribution in [2.24, 2.45) is 0 Å². The lowest BCUT2D eigenvalue weighted by atomic mass is 10.2. The Labute approximate surface area is 147 Å². The van der Waals surface area contributed by atoms with Crippen LogP contribution in [0.1, 0.15) is 42.2 Å². The maximum Gasteiger partial charge on any atom is 0.256 e. The van der Waals surface area contributed by atoms with Crippen LogP contribution in [0.4, 0.5) is 11.5 Å². The summed E-state index contributed by atoms with van der Waals surface area (Å²) in [6.45, 7) is 8.24. The molecule has 0 atom stereocenters. The molecule has 0 aliphatic heterocycles. The highest BCUT2D eigenvalue weighted by atomic mass is 16.2. The molecule has 0 saturated carbocycles. The average molecular weight is 340 g/mol. The van der Waals surface area contributed by atoms with Crippen molar-refractivity contribution in [1.82, 2.24) is 9.78 Å². The fraction of sp³-hybridized carbons (Fsp3) is 0.316. The van der Waals surface area contributed by atoms with Crippen LogP contribution >= 0.6 is 0 Å². The van der Waals surface area contributed by atoms with Crippen molar-refractivity contribution in [3.8, 4) is 0 Å². The predicted octanol–water partition coefficient (Wildman–Crippen LogP) is 3.76. The van der Waals surface area contributed by atoms with Gasteiger partial charge >= 0.3 is 0 Å². The van der Waals surface area contributed by atoms with Crippen LogP contribution < -0.4 is 10.6 Å². The molecule has 132 valence electrons. The van der Waals surface area contributed by atoms with E-state index < -0.39 is 0 Å². The van der Waals surface area contributed by atoms with Gasteiger partial charge in [0.15, 0.2) is 0 Å². The molecule has 0 saturated heterocycles. The summed E-state index contributed by atoms with van der Waals surface area (Å²) in [5, 5.41) is 9.98. The molecule has 0 spiro atoms. The number of unbranched alkanes of at least 4 members (excludes halogenated alkanes) is 2. The zero-order chi connectivity index (χ0) is 18.2. The van der Waals surface area contributed by atoms with Crippen LogP contribution in [0.25, 0.3) is 0 Å². The fourth-order valence-corrected chi connectivity index (χ4v) is 2.41. The minimum Gasteiger partial charge on any atom is -0.323 e. The molecule has 2 amide bonds. The van der Waals surface area contributed by atoms with E-state index in [1.807, 2.05) is 17.7 Å². The van der Waals surface area contributed by atoms with E-state index in [-0.39, 0.29) is 11.8 Å². The first-order valence-electron chi connectivity index (χ1n) is 8.42. The molecule has 1 aromatic heterocycles. The van der Waals surface area contributed by atoms with Crippen LogP contribution in [-0.4, -0.2) is 21.6 Å². The summed E-state index contributed by atoms with van der Waals surface area (Å²) < 4.78 is 1.83. The van der Waals surface area contributed by atoms with Crippen molar-refractivity contribution in [2.45, 2.75) is 39.7 Å². The second kappa shape index (κ2) is 8.82. The van der Waals surface area contributed by atoms with Crippen LogP contribution in [0.15, 0.2) is 43.0 Å². The molecular formula is C19H24N4O2. The number of hydrogen-bond acceptors (Lipinski definition) is 3. The third kappa shape index (κ3) is 5.31. The van der Waals surface area contributed by atoms with E-state index in [4.69, 9.17) is 0 Å². The molecule has 1 aromatic carbocycles. The van der Waals surface area contributed by atoms with Gasteiger partial charge in [0.1, 0.15) is 5.82 Å². The number of hydrogen-bond donors (Lipinski definition) is 2. The van der Waals surface area contributed by atoms with Gasteiger partial charge in [-0.05, 0) is 43.7 Å². The highest BCUT2D eigenvalue weighted by Gasteiger charge is 2.11. The monoisotopic (exact) mass is 340 g/mol. The minimum atomic E-state index is -0.288. The molecule has 25 heavy (non-hydrogen) atoms. The molecule has 1 heterocycles. The maximum atomic E-state index is 12.4. The van der Waals surface area contributed by atoms with Gasteiger partial charge in [0.2, 0.25) is 5.91 Å². The molecular weight excluding hydrogens is 316 g/mol. The summed E-state index contributed by atoms with van der Waals surface area (Å²) in [6.07, 6.45) is 4.49. The summed E-state index contributed by atoms with van der Waals surface area (Å²) >= 11 is 0. The molecule has 2 aromatic rings. The Morgan fingerprint density at radius 3 is 2.56 bits per heavy atom. The minimum absolute atomic E-state index is 0.210. The Morgan fingerprint density at radius 2 is 1.92 bits per heavy atom. The number of nitrogens with zero attached hydrogens (tertiary/aromatic N) is 2. The second-order valence-corrected chi connectivity index (χ2v) is 5.83. The number of nitrogens with one attached hydrogen (secondary N) is 2. The topological polar surface area (TPSA) is 76.0 Å². The summed E-state index contributed by atoms with van der Waals surface area (Å²) in [4.78, 5) is 23.7. The molecule has 0 radical (unpaired) electrons. The Balaban J connectivity index is 2.04. The normalized spacial score (nSPS) is 10.3. The first kappa shape index (κ1) is 18.4. The summed E-state index contributed by atoms with van der Waals surface area (Å²) in [5.41, 5.74) is 1.99. The zero-order valence-electron chi connectivity index (χ0n) is 14.7. The molecule has 2 N–H and O–H groups in total. The largest absolute Gasteiger partial charge is 0.323 e. The molecule has 2 rings (SSSR count). The van der Waals surface area contributed by atoms with Crippen molar-refractivity contribution >= 4 is 23.3 Å². The number of amides is 2. The maximum absolute atomic E-state index is 12.4. The molecule has 0 aliphatic carbocycles. The molecule has 0 unspecified atom stereocenters. The van der Waals surface area contributed by atoms with E-state index in [0.29, 0.717) is 17.1 Å². The third-order valence-electron chi connectivity index (χ3n) is 3.72. The third-order valence-corrected chi connectivity index (χ3v) is 3.72. The Hall–Kier alpha value is -2.89. The van der Waals surface area contributed by atoms with E-state index in [1.165, 1.54) is 6.08 Å². The molecule has 0 fully saturated rings. The number of carbonyl (C=O) groups is 2. The van der Waals surface area contributed by atoms with Gasteiger partial charge in [0, 0.05) is 23.9 Å². The Kier molecular flexibility index (Phi) is 6.51. The van der Waals surface area contributed by atoms with Crippen molar-refractivity contribution in [3.05, 3.63) is 54.2 Å². The standard InChI is InChI=1S/C19H24N4O2/c1-4-6-7-12-23-17(13-14(3)22-23)21-19(25)15-8-10-16(11-9-15)20-18(24)5-2/h5,8-11,13H,2,4,6-7,12H2,1,3H3,(H,20,24)(H,21,25). The first-order chi connectivity index (χ1) is 12.0. The van der Waals surface area contributed by atoms with E-state index in [9.17, 15) is 9.59 Å². The SMILES string of the molecule is C=CC(=O)Nc1ccc(C(=O)Nc2cc(C)nn2CCCCC)cc1. The highest BCUT2D eigenvalue weighted by Crippen LogP contribution is 2.15. The Bertz CT molecular complexity index is 747. The number of anilines is 2. The second-order valence-electron chi connectivity index (χ2n) is 5.83. The van der Waals surface area contributed by atoms with Crippen LogP contribution in [0.2, 0.25) is 0 Å². The van der Waals surface area contributed by atoms with Gasteiger partial charge in [-0.15, -0.1) is 0 Å².